The van der Waals surface area contributed by atoms with Gasteiger partial charge < -0.3 is 9.47 Å². The van der Waals surface area contributed by atoms with Crippen molar-refractivity contribution in [2.75, 3.05) is 14.2 Å². The van der Waals surface area contributed by atoms with Gasteiger partial charge in [0.25, 0.3) is 0 Å². The maximum Gasteiger partial charge on any atom is 0.434 e. The van der Waals surface area contributed by atoms with Crippen LogP contribution in [-0.4, -0.2) is 24.2 Å². The van der Waals surface area contributed by atoms with Crippen molar-refractivity contribution in [2.45, 2.75) is 6.18 Å². The molecule has 0 aliphatic heterocycles. The number of halogens is 3. The molecule has 0 aliphatic rings. The summed E-state index contributed by atoms with van der Waals surface area (Å²) < 4.78 is 48.9. The Kier molecular flexibility index (Phi) is 3.85. The van der Waals surface area contributed by atoms with Crippen LogP contribution in [0.3, 0.4) is 0 Å². The number of rotatable bonds is 3. The van der Waals surface area contributed by atoms with Crippen molar-refractivity contribution in [3.63, 3.8) is 0 Å². The van der Waals surface area contributed by atoms with Gasteiger partial charge in [0.05, 0.1) is 30.7 Å². The standard InChI is InChI=1S/C15H10F3N2O2S/c1-21-10-5-3-4-9-12(10)13(22-2)8(6-19-9)14-20-11(7-23-14)15(16,17)18/h3-5,7H,1-2H3. The number of pyridine rings is 1. The number of fused-ring (bicyclic) bond motifs is 1. The lowest BCUT2D eigenvalue weighted by Gasteiger charge is -2.12. The molecule has 0 bridgehead atoms. The highest BCUT2D eigenvalue weighted by atomic mass is 32.1. The molecule has 0 spiro atoms. The van der Waals surface area contributed by atoms with E-state index in [1.165, 1.54) is 14.2 Å². The first-order chi connectivity index (χ1) is 11.0. The molecule has 4 nitrogen and oxygen atoms in total. The lowest BCUT2D eigenvalue weighted by molar-refractivity contribution is -0.140. The van der Waals surface area contributed by atoms with Gasteiger partial charge in [-0.3, -0.25) is 0 Å². The normalized spacial score (nSPS) is 11.7. The third-order valence-electron chi connectivity index (χ3n) is 3.18. The summed E-state index contributed by atoms with van der Waals surface area (Å²) in [5.74, 6) is 0.838. The number of aromatic nitrogens is 2. The molecule has 119 valence electrons. The molecule has 0 unspecified atom stereocenters. The summed E-state index contributed by atoms with van der Waals surface area (Å²) in [5, 5.41) is 1.65. The van der Waals surface area contributed by atoms with Crippen LogP contribution in [0.15, 0.2) is 23.6 Å². The number of nitrogens with zero attached hydrogens (tertiary/aromatic N) is 2. The molecule has 0 saturated carbocycles. The van der Waals surface area contributed by atoms with Crippen LogP contribution in [0.4, 0.5) is 13.2 Å². The fourth-order valence-electron chi connectivity index (χ4n) is 2.17. The van der Waals surface area contributed by atoms with Crippen LogP contribution in [0.25, 0.3) is 21.5 Å². The van der Waals surface area contributed by atoms with E-state index in [1.54, 1.807) is 18.2 Å². The van der Waals surface area contributed by atoms with Crippen molar-refractivity contribution in [2.24, 2.45) is 0 Å². The van der Waals surface area contributed by atoms with Gasteiger partial charge in [-0.2, -0.15) is 13.2 Å². The quantitative estimate of drug-likeness (QED) is 0.717. The van der Waals surface area contributed by atoms with Crippen LogP contribution in [0.2, 0.25) is 0 Å². The number of thiazole rings is 1. The summed E-state index contributed by atoms with van der Waals surface area (Å²) >= 11 is 0.858. The zero-order chi connectivity index (χ0) is 16.6. The fourth-order valence-corrected chi connectivity index (χ4v) is 2.99. The van der Waals surface area contributed by atoms with E-state index in [0.29, 0.717) is 22.4 Å². The second-order valence-electron chi connectivity index (χ2n) is 4.52. The van der Waals surface area contributed by atoms with E-state index in [2.05, 4.69) is 16.2 Å². The molecule has 0 aliphatic carbocycles. The van der Waals surface area contributed by atoms with E-state index in [0.717, 1.165) is 16.7 Å². The Morgan fingerprint density at radius 1 is 1.17 bits per heavy atom. The van der Waals surface area contributed by atoms with E-state index < -0.39 is 11.9 Å². The Bertz CT molecular complexity index is 862. The topological polar surface area (TPSA) is 44.2 Å². The maximum atomic E-state index is 12.7. The van der Waals surface area contributed by atoms with Crippen molar-refractivity contribution in [3.8, 4) is 22.1 Å². The summed E-state index contributed by atoms with van der Waals surface area (Å²) in [6.45, 7) is 0. The Hall–Kier alpha value is -2.35. The highest BCUT2D eigenvalue weighted by Crippen LogP contribution is 2.42. The lowest BCUT2D eigenvalue weighted by atomic mass is 10.1. The summed E-state index contributed by atoms with van der Waals surface area (Å²) in [6, 6.07) is 5.22. The number of hydrogen-bond donors (Lipinski definition) is 0. The van der Waals surface area contributed by atoms with E-state index in [4.69, 9.17) is 9.47 Å². The predicted molar refractivity (Wildman–Crippen MR) is 79.8 cm³/mol. The highest BCUT2D eigenvalue weighted by Gasteiger charge is 2.34. The third kappa shape index (κ3) is 2.70. The van der Waals surface area contributed by atoms with Gasteiger partial charge in [0, 0.05) is 5.38 Å². The van der Waals surface area contributed by atoms with Gasteiger partial charge in [-0.1, -0.05) is 6.07 Å². The Labute approximate surface area is 133 Å². The van der Waals surface area contributed by atoms with E-state index in [-0.39, 0.29) is 10.6 Å². The van der Waals surface area contributed by atoms with Crippen molar-refractivity contribution < 1.29 is 22.6 Å². The Morgan fingerprint density at radius 3 is 2.57 bits per heavy atom. The van der Waals surface area contributed by atoms with Gasteiger partial charge in [0.15, 0.2) is 5.69 Å². The molecular formula is C15H10F3N2O2S. The average Bonchev–Trinajstić information content (AvgIpc) is 3.03. The highest BCUT2D eigenvalue weighted by molar-refractivity contribution is 7.13. The first kappa shape index (κ1) is 15.5. The Morgan fingerprint density at radius 2 is 1.96 bits per heavy atom. The molecule has 0 atom stereocenters. The van der Waals surface area contributed by atoms with E-state index >= 15 is 0 Å². The minimum Gasteiger partial charge on any atom is -0.496 e. The van der Waals surface area contributed by atoms with Crippen molar-refractivity contribution in [1.82, 2.24) is 9.97 Å². The molecular weight excluding hydrogens is 329 g/mol. The van der Waals surface area contributed by atoms with E-state index in [9.17, 15) is 13.2 Å². The summed E-state index contributed by atoms with van der Waals surface area (Å²) in [4.78, 5) is 7.77. The zero-order valence-corrected chi connectivity index (χ0v) is 12.9. The maximum absolute atomic E-state index is 12.7. The molecule has 1 aromatic carbocycles. The molecule has 8 heteroatoms. The molecule has 0 amide bonds. The van der Waals surface area contributed by atoms with Crippen LogP contribution in [0.5, 0.6) is 11.5 Å². The number of alkyl halides is 3. The second-order valence-corrected chi connectivity index (χ2v) is 5.38. The van der Waals surface area contributed by atoms with Crippen LogP contribution < -0.4 is 9.47 Å². The molecule has 0 N–H and O–H groups in total. The molecule has 0 saturated heterocycles. The molecule has 2 aromatic heterocycles. The zero-order valence-electron chi connectivity index (χ0n) is 12.1. The fraction of sp³-hybridized carbons (Fsp3) is 0.200. The third-order valence-corrected chi connectivity index (χ3v) is 4.04. The molecule has 2 heterocycles. The lowest BCUT2D eigenvalue weighted by Crippen LogP contribution is -2.05. The van der Waals surface area contributed by atoms with Gasteiger partial charge in [-0.15, -0.1) is 11.3 Å². The van der Waals surface area contributed by atoms with E-state index in [1.807, 2.05) is 0 Å². The summed E-state index contributed by atoms with van der Waals surface area (Å²) in [5.41, 5.74) is -0.115. The largest absolute Gasteiger partial charge is 0.496 e. The SMILES string of the molecule is COc1cccc2n[c]c(-c3nc(C(F)(F)F)cs3)c(OC)c12. The second kappa shape index (κ2) is 5.69. The van der Waals surface area contributed by atoms with Crippen LogP contribution in [-0.2, 0) is 6.18 Å². The first-order valence-corrected chi connectivity index (χ1v) is 7.29. The number of benzene rings is 1. The van der Waals surface area contributed by atoms with Crippen molar-refractivity contribution in [1.29, 1.82) is 0 Å². The minimum absolute atomic E-state index is 0.134. The number of hydrogen-bond acceptors (Lipinski definition) is 5. The molecule has 1 radical (unpaired) electrons. The van der Waals surface area contributed by atoms with Gasteiger partial charge >= 0.3 is 6.18 Å². The summed E-state index contributed by atoms with van der Waals surface area (Å²) in [7, 11) is 2.92. The number of methoxy groups -OCH3 is 2. The van der Waals surface area contributed by atoms with Crippen LogP contribution in [0.1, 0.15) is 5.69 Å². The van der Waals surface area contributed by atoms with Crippen LogP contribution in [0, 0.1) is 6.20 Å². The smallest absolute Gasteiger partial charge is 0.434 e. The number of ether oxygens (including phenoxy) is 2. The van der Waals surface area contributed by atoms with Crippen molar-refractivity contribution in [3.05, 3.63) is 35.5 Å². The molecule has 23 heavy (non-hydrogen) atoms. The first-order valence-electron chi connectivity index (χ1n) is 6.41. The monoisotopic (exact) mass is 339 g/mol. The van der Waals surface area contributed by atoms with Gasteiger partial charge in [0.1, 0.15) is 22.7 Å². The van der Waals surface area contributed by atoms with Gasteiger partial charge in [-0.05, 0) is 12.1 Å². The predicted octanol–water partition coefficient (Wildman–Crippen LogP) is 4.19. The molecule has 3 aromatic rings. The minimum atomic E-state index is -4.50. The van der Waals surface area contributed by atoms with Gasteiger partial charge in [0.2, 0.25) is 0 Å². The van der Waals surface area contributed by atoms with Crippen molar-refractivity contribution >= 4 is 22.2 Å². The molecule has 3 rings (SSSR count). The summed E-state index contributed by atoms with van der Waals surface area (Å²) in [6.07, 6.45) is -1.78. The van der Waals surface area contributed by atoms with Gasteiger partial charge in [-0.25, -0.2) is 9.97 Å². The van der Waals surface area contributed by atoms with Crippen LogP contribution >= 0.6 is 11.3 Å². The molecule has 0 fully saturated rings. The Balaban J connectivity index is 2.24. The average molecular weight is 339 g/mol.